The highest BCUT2D eigenvalue weighted by Gasteiger charge is 2.09. The standard InChI is InChI=1S/C20H22N6O/c1-4-21-17-11-10-16(12-13(17)2)23-19-24-18(25-20(27)26-19)22-14(3)15-8-6-5-7-9-15/h4-12,14H,1-3H3,(H3,22,23,24,25,26,27). The van der Waals surface area contributed by atoms with E-state index in [0.29, 0.717) is 5.95 Å². The average Bonchev–Trinajstić information content (AvgIpc) is 2.64. The van der Waals surface area contributed by atoms with Crippen LogP contribution in [-0.4, -0.2) is 21.2 Å². The first kappa shape index (κ1) is 18.3. The predicted molar refractivity (Wildman–Crippen MR) is 109 cm³/mol. The third kappa shape index (κ3) is 4.78. The number of hydrogen-bond acceptors (Lipinski definition) is 6. The number of hydrogen-bond donors (Lipinski definition) is 3. The van der Waals surface area contributed by atoms with Gasteiger partial charge in [0.1, 0.15) is 0 Å². The van der Waals surface area contributed by atoms with Crippen molar-refractivity contribution < 1.29 is 0 Å². The maximum atomic E-state index is 11.9. The molecule has 3 rings (SSSR count). The molecule has 138 valence electrons. The van der Waals surface area contributed by atoms with Crippen LogP contribution in [-0.2, 0) is 0 Å². The van der Waals surface area contributed by atoms with Crippen LogP contribution in [0.2, 0.25) is 0 Å². The zero-order valence-electron chi connectivity index (χ0n) is 15.5. The van der Waals surface area contributed by atoms with Crippen LogP contribution < -0.4 is 16.3 Å². The number of anilines is 3. The number of nitrogens with one attached hydrogen (secondary N) is 3. The van der Waals surface area contributed by atoms with Gasteiger partial charge in [0.2, 0.25) is 11.9 Å². The van der Waals surface area contributed by atoms with E-state index < -0.39 is 5.69 Å². The van der Waals surface area contributed by atoms with Gasteiger partial charge < -0.3 is 10.6 Å². The molecule has 7 heteroatoms. The van der Waals surface area contributed by atoms with E-state index in [4.69, 9.17) is 0 Å². The Balaban J connectivity index is 1.79. The summed E-state index contributed by atoms with van der Waals surface area (Å²) in [6.45, 7) is 5.84. The van der Waals surface area contributed by atoms with Crippen molar-refractivity contribution in [1.82, 2.24) is 15.0 Å². The van der Waals surface area contributed by atoms with Gasteiger partial charge in [0.15, 0.2) is 0 Å². The molecule has 0 bridgehead atoms. The highest BCUT2D eigenvalue weighted by Crippen LogP contribution is 2.23. The minimum absolute atomic E-state index is 0.0331. The molecule has 0 radical (unpaired) electrons. The minimum atomic E-state index is -0.473. The van der Waals surface area contributed by atoms with Gasteiger partial charge in [0, 0.05) is 11.9 Å². The van der Waals surface area contributed by atoms with Crippen molar-refractivity contribution in [1.29, 1.82) is 0 Å². The third-order valence-corrected chi connectivity index (χ3v) is 4.02. The molecule has 0 aliphatic carbocycles. The molecule has 0 aliphatic rings. The summed E-state index contributed by atoms with van der Waals surface area (Å²) in [6.07, 6.45) is 1.75. The first-order chi connectivity index (χ1) is 13.0. The largest absolute Gasteiger partial charge is 0.351 e. The number of H-pyrrole nitrogens is 1. The Kier molecular flexibility index (Phi) is 5.61. The van der Waals surface area contributed by atoms with Crippen molar-refractivity contribution >= 4 is 29.5 Å². The zero-order chi connectivity index (χ0) is 19.2. The number of nitrogens with zero attached hydrogens (tertiary/aromatic N) is 3. The van der Waals surface area contributed by atoms with Gasteiger partial charge in [-0.2, -0.15) is 9.97 Å². The quantitative estimate of drug-likeness (QED) is 0.574. The molecule has 0 fully saturated rings. The fourth-order valence-corrected chi connectivity index (χ4v) is 2.68. The number of aromatic amines is 1. The van der Waals surface area contributed by atoms with Gasteiger partial charge in [-0.25, -0.2) is 4.79 Å². The molecule has 3 aromatic rings. The van der Waals surface area contributed by atoms with Crippen LogP contribution in [0.25, 0.3) is 0 Å². The highest BCUT2D eigenvalue weighted by molar-refractivity contribution is 5.66. The molecule has 0 aliphatic heterocycles. The topological polar surface area (TPSA) is 95.1 Å². The molecule has 1 heterocycles. The van der Waals surface area contributed by atoms with Crippen molar-refractivity contribution in [2.75, 3.05) is 10.6 Å². The second kappa shape index (κ2) is 8.27. The van der Waals surface area contributed by atoms with E-state index in [1.165, 1.54) is 0 Å². The molecule has 3 N–H and O–H groups in total. The molecular formula is C20H22N6O. The Labute approximate surface area is 157 Å². The summed E-state index contributed by atoms with van der Waals surface area (Å²) in [4.78, 5) is 27.1. The molecule has 1 atom stereocenters. The fraction of sp³-hybridized carbons (Fsp3) is 0.200. The number of aliphatic imine (C=N–C) groups is 1. The van der Waals surface area contributed by atoms with Gasteiger partial charge in [0.25, 0.3) is 0 Å². The van der Waals surface area contributed by atoms with E-state index >= 15 is 0 Å². The second-order valence-electron chi connectivity index (χ2n) is 6.12. The lowest BCUT2D eigenvalue weighted by atomic mass is 10.1. The maximum Gasteiger partial charge on any atom is 0.351 e. The smallest absolute Gasteiger partial charge is 0.347 e. The SMILES string of the molecule is CC=Nc1ccc(Nc2nc(NC(C)c3ccccc3)nc(=O)[nH]2)cc1C. The zero-order valence-corrected chi connectivity index (χ0v) is 15.5. The minimum Gasteiger partial charge on any atom is -0.347 e. The van der Waals surface area contributed by atoms with E-state index in [1.807, 2.05) is 69.3 Å². The third-order valence-electron chi connectivity index (χ3n) is 4.02. The normalized spacial score (nSPS) is 12.1. The van der Waals surface area contributed by atoms with E-state index in [-0.39, 0.29) is 12.0 Å². The van der Waals surface area contributed by atoms with Crippen LogP contribution in [0.15, 0.2) is 58.3 Å². The molecule has 0 saturated carbocycles. The van der Waals surface area contributed by atoms with Crippen LogP contribution in [0.3, 0.4) is 0 Å². The van der Waals surface area contributed by atoms with Crippen LogP contribution in [0.4, 0.5) is 23.3 Å². The second-order valence-corrected chi connectivity index (χ2v) is 6.12. The first-order valence-corrected chi connectivity index (χ1v) is 8.71. The van der Waals surface area contributed by atoms with E-state index in [2.05, 4.69) is 30.6 Å². The summed E-state index contributed by atoms with van der Waals surface area (Å²) in [5.74, 6) is 0.588. The van der Waals surface area contributed by atoms with Crippen molar-refractivity contribution in [3.8, 4) is 0 Å². The Morgan fingerprint density at radius 3 is 2.63 bits per heavy atom. The van der Waals surface area contributed by atoms with Crippen molar-refractivity contribution in [2.24, 2.45) is 4.99 Å². The molecule has 27 heavy (non-hydrogen) atoms. The summed E-state index contributed by atoms with van der Waals surface area (Å²) in [5, 5.41) is 6.27. The van der Waals surface area contributed by atoms with Crippen molar-refractivity contribution in [2.45, 2.75) is 26.8 Å². The first-order valence-electron chi connectivity index (χ1n) is 8.71. The summed E-state index contributed by atoms with van der Waals surface area (Å²) in [7, 11) is 0. The number of aryl methyl sites for hydroxylation is 1. The monoisotopic (exact) mass is 362 g/mol. The molecule has 0 amide bonds. The summed E-state index contributed by atoms with van der Waals surface area (Å²) < 4.78 is 0. The van der Waals surface area contributed by atoms with E-state index in [1.54, 1.807) is 6.21 Å². The van der Waals surface area contributed by atoms with Crippen LogP contribution >= 0.6 is 0 Å². The predicted octanol–water partition coefficient (Wildman–Crippen LogP) is 4.11. The van der Waals surface area contributed by atoms with Gasteiger partial charge >= 0.3 is 5.69 Å². The van der Waals surface area contributed by atoms with Gasteiger partial charge in [-0.1, -0.05) is 30.3 Å². The maximum absolute atomic E-state index is 11.9. The van der Waals surface area contributed by atoms with Crippen molar-refractivity contribution in [3.63, 3.8) is 0 Å². The Morgan fingerprint density at radius 2 is 1.93 bits per heavy atom. The summed E-state index contributed by atoms with van der Waals surface area (Å²) >= 11 is 0. The van der Waals surface area contributed by atoms with Crippen LogP contribution in [0, 0.1) is 6.92 Å². The molecule has 7 nitrogen and oxygen atoms in total. The molecule has 0 saturated heterocycles. The molecule has 1 unspecified atom stereocenters. The average molecular weight is 362 g/mol. The van der Waals surface area contributed by atoms with Crippen molar-refractivity contribution in [3.05, 3.63) is 70.1 Å². The Morgan fingerprint density at radius 1 is 1.15 bits per heavy atom. The molecule has 1 aromatic heterocycles. The highest BCUT2D eigenvalue weighted by atomic mass is 16.1. The number of rotatable bonds is 6. The summed E-state index contributed by atoms with van der Waals surface area (Å²) in [6, 6.07) is 15.6. The van der Waals surface area contributed by atoms with Crippen LogP contribution in [0.1, 0.15) is 31.0 Å². The lowest BCUT2D eigenvalue weighted by Gasteiger charge is -2.14. The van der Waals surface area contributed by atoms with Gasteiger partial charge in [0.05, 0.1) is 11.7 Å². The summed E-state index contributed by atoms with van der Waals surface area (Å²) in [5.41, 5.74) is 3.33. The van der Waals surface area contributed by atoms with Gasteiger partial charge in [-0.3, -0.25) is 9.98 Å². The Bertz CT molecular complexity index is 997. The molecular weight excluding hydrogens is 340 g/mol. The number of aromatic nitrogens is 3. The van der Waals surface area contributed by atoms with Crippen LogP contribution in [0.5, 0.6) is 0 Å². The van der Waals surface area contributed by atoms with Gasteiger partial charge in [-0.05, 0) is 50.1 Å². The number of benzene rings is 2. The Hall–Kier alpha value is -3.48. The lowest BCUT2D eigenvalue weighted by molar-refractivity contribution is 0.847. The van der Waals surface area contributed by atoms with E-state index in [0.717, 1.165) is 22.5 Å². The van der Waals surface area contributed by atoms with Gasteiger partial charge in [-0.15, -0.1) is 0 Å². The van der Waals surface area contributed by atoms with E-state index in [9.17, 15) is 4.79 Å². The lowest BCUT2D eigenvalue weighted by Crippen LogP contribution is -2.19. The molecule has 0 spiro atoms. The molecule has 2 aromatic carbocycles. The fourth-order valence-electron chi connectivity index (χ4n) is 2.68.